The fourth-order valence-electron chi connectivity index (χ4n) is 1.36. The van der Waals surface area contributed by atoms with Crippen molar-refractivity contribution in [1.29, 1.82) is 0 Å². The minimum atomic E-state index is 0.257. The Bertz CT molecular complexity index is 277. The van der Waals surface area contributed by atoms with E-state index in [9.17, 15) is 0 Å². The number of benzene rings is 1. The van der Waals surface area contributed by atoms with Crippen molar-refractivity contribution in [3.63, 3.8) is 0 Å². The van der Waals surface area contributed by atoms with E-state index in [0.29, 0.717) is 6.61 Å². The van der Waals surface area contributed by atoms with Crippen LogP contribution in [-0.4, -0.2) is 6.10 Å². The summed E-state index contributed by atoms with van der Waals surface area (Å²) in [4.78, 5) is 0. The lowest BCUT2D eigenvalue weighted by Crippen LogP contribution is -2.08. The number of rotatable bonds is 5. The molecule has 0 N–H and O–H groups in total. The fraction of sp³-hybridized carbons (Fsp3) is 0.385. The van der Waals surface area contributed by atoms with Crippen molar-refractivity contribution in [2.75, 3.05) is 0 Å². The zero-order valence-electron chi connectivity index (χ0n) is 8.99. The Morgan fingerprint density at radius 2 is 2.00 bits per heavy atom. The summed E-state index contributed by atoms with van der Waals surface area (Å²) in [5, 5.41) is 0. The molecule has 0 saturated carbocycles. The fourth-order valence-corrected chi connectivity index (χ4v) is 1.36. The van der Waals surface area contributed by atoms with Gasteiger partial charge >= 0.3 is 0 Å². The van der Waals surface area contributed by atoms with Gasteiger partial charge in [-0.15, -0.1) is 6.58 Å². The molecule has 76 valence electrons. The van der Waals surface area contributed by atoms with E-state index in [1.54, 1.807) is 0 Å². The van der Waals surface area contributed by atoms with Crippen LogP contribution in [0.15, 0.2) is 42.5 Å². The van der Waals surface area contributed by atoms with Crippen molar-refractivity contribution in [2.24, 2.45) is 0 Å². The molecule has 14 heavy (non-hydrogen) atoms. The highest BCUT2D eigenvalue weighted by atomic mass is 16.5. The van der Waals surface area contributed by atoms with Gasteiger partial charge in [-0.05, 0) is 25.8 Å². The van der Waals surface area contributed by atoms with Gasteiger partial charge in [-0.3, -0.25) is 0 Å². The molecule has 1 unspecified atom stereocenters. The van der Waals surface area contributed by atoms with Gasteiger partial charge in [-0.1, -0.05) is 35.9 Å². The molecule has 0 spiro atoms. The first-order chi connectivity index (χ1) is 6.68. The van der Waals surface area contributed by atoms with Crippen LogP contribution in [0.4, 0.5) is 0 Å². The predicted molar refractivity (Wildman–Crippen MR) is 60.1 cm³/mol. The molecule has 1 aromatic rings. The lowest BCUT2D eigenvalue weighted by atomic mass is 10.1. The highest BCUT2D eigenvalue weighted by molar-refractivity contribution is 5.13. The van der Waals surface area contributed by atoms with Crippen molar-refractivity contribution in [3.8, 4) is 0 Å². The zero-order chi connectivity index (χ0) is 10.4. The van der Waals surface area contributed by atoms with E-state index < -0.39 is 0 Å². The van der Waals surface area contributed by atoms with E-state index in [0.717, 1.165) is 6.42 Å². The van der Waals surface area contributed by atoms with Gasteiger partial charge in [0.1, 0.15) is 0 Å². The standard InChI is InChI=1S/C13H18O/c1-11(2)9-12(3)14-10-13-7-5-4-6-8-13/h4-8,12H,1,9-10H2,2-3H3. The Labute approximate surface area is 86.4 Å². The molecule has 1 atom stereocenters. The summed E-state index contributed by atoms with van der Waals surface area (Å²) in [5.41, 5.74) is 2.40. The first-order valence-electron chi connectivity index (χ1n) is 4.98. The maximum atomic E-state index is 5.68. The van der Waals surface area contributed by atoms with E-state index >= 15 is 0 Å². The summed E-state index contributed by atoms with van der Waals surface area (Å²) in [5.74, 6) is 0. The molecule has 1 rings (SSSR count). The SMILES string of the molecule is C=C(C)CC(C)OCc1ccccc1. The van der Waals surface area contributed by atoms with Crippen LogP contribution in [0.1, 0.15) is 25.8 Å². The van der Waals surface area contributed by atoms with E-state index in [2.05, 4.69) is 25.6 Å². The molecule has 1 heteroatoms. The van der Waals surface area contributed by atoms with Crippen LogP contribution in [0, 0.1) is 0 Å². The van der Waals surface area contributed by atoms with Crippen LogP contribution in [-0.2, 0) is 11.3 Å². The highest BCUT2D eigenvalue weighted by Crippen LogP contribution is 2.08. The molecule has 0 radical (unpaired) electrons. The van der Waals surface area contributed by atoms with Crippen LogP contribution in [0.2, 0.25) is 0 Å². The van der Waals surface area contributed by atoms with E-state index in [4.69, 9.17) is 4.74 Å². The van der Waals surface area contributed by atoms with E-state index in [1.807, 2.05) is 25.1 Å². The monoisotopic (exact) mass is 190 g/mol. The summed E-state index contributed by atoms with van der Waals surface area (Å²) < 4.78 is 5.68. The molecule has 0 amide bonds. The first-order valence-corrected chi connectivity index (χ1v) is 4.98. The molecule has 1 aromatic carbocycles. The number of hydrogen-bond acceptors (Lipinski definition) is 1. The van der Waals surface area contributed by atoms with Gasteiger partial charge in [0.15, 0.2) is 0 Å². The second kappa shape index (κ2) is 5.61. The normalized spacial score (nSPS) is 12.4. The van der Waals surface area contributed by atoms with E-state index in [-0.39, 0.29) is 6.10 Å². The minimum Gasteiger partial charge on any atom is -0.374 e. The molecule has 0 aliphatic carbocycles. The summed E-state index contributed by atoms with van der Waals surface area (Å²) in [7, 11) is 0. The molecule has 0 bridgehead atoms. The van der Waals surface area contributed by atoms with Crippen LogP contribution in [0.5, 0.6) is 0 Å². The Kier molecular flexibility index (Phi) is 4.41. The Balaban J connectivity index is 2.30. The Hall–Kier alpha value is -1.08. The topological polar surface area (TPSA) is 9.23 Å². The van der Waals surface area contributed by atoms with Crippen molar-refractivity contribution in [2.45, 2.75) is 33.0 Å². The van der Waals surface area contributed by atoms with Gasteiger partial charge in [0.25, 0.3) is 0 Å². The third kappa shape index (κ3) is 4.24. The summed E-state index contributed by atoms with van der Waals surface area (Å²) in [6, 6.07) is 10.2. The predicted octanol–water partition coefficient (Wildman–Crippen LogP) is 3.56. The number of ether oxygens (including phenoxy) is 1. The van der Waals surface area contributed by atoms with Crippen molar-refractivity contribution < 1.29 is 4.74 Å². The van der Waals surface area contributed by atoms with Gasteiger partial charge in [-0.25, -0.2) is 0 Å². The van der Waals surface area contributed by atoms with Crippen molar-refractivity contribution >= 4 is 0 Å². The molecular formula is C13H18O. The summed E-state index contributed by atoms with van der Waals surface area (Å²) in [6.45, 7) is 8.67. The third-order valence-electron chi connectivity index (χ3n) is 2.01. The second-order valence-electron chi connectivity index (χ2n) is 3.77. The maximum absolute atomic E-state index is 5.68. The summed E-state index contributed by atoms with van der Waals surface area (Å²) >= 11 is 0. The molecule has 0 aliphatic rings. The van der Waals surface area contributed by atoms with Gasteiger partial charge in [0.05, 0.1) is 12.7 Å². The largest absolute Gasteiger partial charge is 0.374 e. The average molecular weight is 190 g/mol. The lowest BCUT2D eigenvalue weighted by Gasteiger charge is -2.12. The molecule has 0 fully saturated rings. The summed E-state index contributed by atoms with van der Waals surface area (Å²) in [6.07, 6.45) is 1.19. The highest BCUT2D eigenvalue weighted by Gasteiger charge is 2.02. The molecular weight excluding hydrogens is 172 g/mol. The quantitative estimate of drug-likeness (QED) is 0.645. The van der Waals surface area contributed by atoms with Crippen LogP contribution in [0.3, 0.4) is 0 Å². The van der Waals surface area contributed by atoms with Crippen LogP contribution in [0.25, 0.3) is 0 Å². The van der Waals surface area contributed by atoms with Gasteiger partial charge < -0.3 is 4.74 Å². The van der Waals surface area contributed by atoms with E-state index in [1.165, 1.54) is 11.1 Å². The minimum absolute atomic E-state index is 0.257. The average Bonchev–Trinajstić information content (AvgIpc) is 2.15. The van der Waals surface area contributed by atoms with Crippen molar-refractivity contribution in [1.82, 2.24) is 0 Å². The molecule has 1 nitrogen and oxygen atoms in total. The Morgan fingerprint density at radius 1 is 1.36 bits per heavy atom. The third-order valence-corrected chi connectivity index (χ3v) is 2.01. The van der Waals surface area contributed by atoms with Gasteiger partial charge in [0.2, 0.25) is 0 Å². The molecule has 0 heterocycles. The molecule has 0 saturated heterocycles. The lowest BCUT2D eigenvalue weighted by molar-refractivity contribution is 0.0536. The smallest absolute Gasteiger partial charge is 0.0720 e. The number of hydrogen-bond donors (Lipinski definition) is 0. The second-order valence-corrected chi connectivity index (χ2v) is 3.77. The van der Waals surface area contributed by atoms with Crippen molar-refractivity contribution in [3.05, 3.63) is 48.0 Å². The van der Waals surface area contributed by atoms with Crippen LogP contribution >= 0.6 is 0 Å². The molecule has 0 aliphatic heterocycles. The molecule has 0 aromatic heterocycles. The zero-order valence-corrected chi connectivity index (χ0v) is 8.99. The maximum Gasteiger partial charge on any atom is 0.0720 e. The first kappa shape index (κ1) is 11.0. The van der Waals surface area contributed by atoms with Crippen LogP contribution < -0.4 is 0 Å². The van der Waals surface area contributed by atoms with Gasteiger partial charge in [0, 0.05) is 0 Å². The Morgan fingerprint density at radius 3 is 2.57 bits per heavy atom. The van der Waals surface area contributed by atoms with Gasteiger partial charge in [-0.2, -0.15) is 0 Å².